The number of hydrogen-bond donors (Lipinski definition) is 0. The van der Waals surface area contributed by atoms with Crippen LogP contribution in [0.25, 0.3) is 0 Å². The van der Waals surface area contributed by atoms with Gasteiger partial charge >= 0.3 is 5.69 Å². The van der Waals surface area contributed by atoms with Gasteiger partial charge in [0.15, 0.2) is 0 Å². The van der Waals surface area contributed by atoms with Crippen molar-refractivity contribution in [1.82, 2.24) is 4.90 Å². The van der Waals surface area contributed by atoms with Gasteiger partial charge in [-0.15, -0.1) is 0 Å². The van der Waals surface area contributed by atoms with Crippen LogP contribution in [0, 0.1) is 15.9 Å². The summed E-state index contributed by atoms with van der Waals surface area (Å²) >= 11 is 0. The molecular weight excluding hydrogens is 249 g/mol. The lowest BCUT2D eigenvalue weighted by Gasteiger charge is -2.36. The molecule has 0 N–H and O–H groups in total. The van der Waals surface area contributed by atoms with Gasteiger partial charge in [0.2, 0.25) is 5.82 Å². The highest BCUT2D eigenvalue weighted by Crippen LogP contribution is 2.32. The van der Waals surface area contributed by atoms with Crippen LogP contribution >= 0.6 is 0 Å². The van der Waals surface area contributed by atoms with Gasteiger partial charge in [-0.25, -0.2) is 0 Å². The second kappa shape index (κ2) is 5.52. The number of anilines is 1. The zero-order valence-electron chi connectivity index (χ0n) is 11.2. The number of benzene rings is 1. The SMILES string of the molecule is CN(C)C1CCN(c2cccc(F)c2[N+](=O)[O-])CC1. The molecular formula is C13H18FN3O2. The van der Waals surface area contributed by atoms with Crippen LogP contribution in [0.3, 0.4) is 0 Å². The van der Waals surface area contributed by atoms with Gasteiger partial charge in [-0.05, 0) is 39.1 Å². The maximum Gasteiger partial charge on any atom is 0.327 e. The summed E-state index contributed by atoms with van der Waals surface area (Å²) in [6.45, 7) is 1.43. The van der Waals surface area contributed by atoms with Crippen LogP contribution in [0.5, 0.6) is 0 Å². The molecule has 2 rings (SSSR count). The molecule has 0 aromatic heterocycles. The predicted molar refractivity (Wildman–Crippen MR) is 72.0 cm³/mol. The first-order valence-corrected chi connectivity index (χ1v) is 6.35. The van der Waals surface area contributed by atoms with E-state index in [4.69, 9.17) is 0 Å². The fourth-order valence-corrected chi connectivity index (χ4v) is 2.56. The number of hydrogen-bond acceptors (Lipinski definition) is 4. The maximum atomic E-state index is 13.6. The lowest BCUT2D eigenvalue weighted by molar-refractivity contribution is -0.386. The first-order valence-electron chi connectivity index (χ1n) is 6.35. The van der Waals surface area contributed by atoms with Gasteiger partial charge in [-0.1, -0.05) is 6.07 Å². The molecule has 0 unspecified atom stereocenters. The smallest absolute Gasteiger partial charge is 0.327 e. The van der Waals surface area contributed by atoms with Crippen molar-refractivity contribution in [1.29, 1.82) is 0 Å². The highest BCUT2D eigenvalue weighted by Gasteiger charge is 2.27. The summed E-state index contributed by atoms with van der Waals surface area (Å²) in [5.41, 5.74) is -0.0204. The van der Waals surface area contributed by atoms with Gasteiger partial charge in [0, 0.05) is 19.1 Å². The van der Waals surface area contributed by atoms with E-state index in [0.29, 0.717) is 24.8 Å². The number of halogens is 1. The zero-order valence-corrected chi connectivity index (χ0v) is 11.2. The van der Waals surface area contributed by atoms with E-state index in [1.807, 2.05) is 19.0 Å². The van der Waals surface area contributed by atoms with Crippen molar-refractivity contribution in [2.75, 3.05) is 32.1 Å². The Morgan fingerprint density at radius 3 is 2.53 bits per heavy atom. The topological polar surface area (TPSA) is 49.6 Å². The van der Waals surface area contributed by atoms with Gasteiger partial charge in [-0.3, -0.25) is 10.1 Å². The molecule has 1 heterocycles. The lowest BCUT2D eigenvalue weighted by atomic mass is 10.0. The monoisotopic (exact) mass is 267 g/mol. The Bertz CT molecular complexity index is 471. The van der Waals surface area contributed by atoms with Crippen LogP contribution in [-0.2, 0) is 0 Å². The summed E-state index contributed by atoms with van der Waals surface area (Å²) in [6, 6.07) is 4.77. The molecule has 0 bridgehead atoms. The molecule has 0 aliphatic carbocycles. The normalized spacial score (nSPS) is 16.9. The van der Waals surface area contributed by atoms with Crippen LogP contribution in [0.2, 0.25) is 0 Å². The van der Waals surface area contributed by atoms with E-state index in [9.17, 15) is 14.5 Å². The Balaban J connectivity index is 2.20. The third-order valence-corrected chi connectivity index (χ3v) is 3.68. The molecule has 0 saturated carbocycles. The zero-order chi connectivity index (χ0) is 14.0. The lowest BCUT2D eigenvalue weighted by Crippen LogP contribution is -2.42. The number of nitro groups is 1. The molecule has 1 aromatic carbocycles. The first kappa shape index (κ1) is 13.7. The Morgan fingerprint density at radius 2 is 2.00 bits per heavy atom. The minimum atomic E-state index is -0.766. The second-order valence-corrected chi connectivity index (χ2v) is 5.05. The molecule has 1 saturated heterocycles. The quantitative estimate of drug-likeness (QED) is 0.622. The van der Waals surface area contributed by atoms with Crippen molar-refractivity contribution >= 4 is 11.4 Å². The molecule has 1 aromatic rings. The highest BCUT2D eigenvalue weighted by atomic mass is 19.1. The van der Waals surface area contributed by atoms with E-state index in [1.54, 1.807) is 6.07 Å². The van der Waals surface area contributed by atoms with Crippen LogP contribution in [0.15, 0.2) is 18.2 Å². The number of nitrogens with zero attached hydrogens (tertiary/aromatic N) is 3. The fraction of sp³-hybridized carbons (Fsp3) is 0.538. The molecule has 0 amide bonds. The predicted octanol–water partition coefficient (Wildman–Crippen LogP) is 2.26. The van der Waals surface area contributed by atoms with E-state index in [0.717, 1.165) is 18.9 Å². The van der Waals surface area contributed by atoms with Crippen LogP contribution in [-0.4, -0.2) is 43.0 Å². The summed E-state index contributed by atoms with van der Waals surface area (Å²) in [6.07, 6.45) is 1.86. The molecule has 1 fully saturated rings. The molecule has 6 heteroatoms. The van der Waals surface area contributed by atoms with Crippen molar-refractivity contribution in [2.45, 2.75) is 18.9 Å². The highest BCUT2D eigenvalue weighted by molar-refractivity contribution is 5.64. The standard InChI is InChI=1S/C13H18FN3O2/c1-15(2)10-6-8-16(9-7-10)12-5-3-4-11(14)13(12)17(18)19/h3-5,10H,6-9H2,1-2H3. The molecule has 0 radical (unpaired) electrons. The van der Waals surface area contributed by atoms with Gasteiger partial charge < -0.3 is 9.80 Å². The van der Waals surface area contributed by atoms with E-state index in [2.05, 4.69) is 4.90 Å². The number of nitro benzene ring substituents is 1. The van der Waals surface area contributed by atoms with Crippen LogP contribution < -0.4 is 4.90 Å². The van der Waals surface area contributed by atoms with Gasteiger partial charge in [0.05, 0.1) is 4.92 Å². The third-order valence-electron chi connectivity index (χ3n) is 3.68. The summed E-state index contributed by atoms with van der Waals surface area (Å²) in [5.74, 6) is -0.766. The number of rotatable bonds is 3. The second-order valence-electron chi connectivity index (χ2n) is 5.05. The Kier molecular flexibility index (Phi) is 3.99. The molecule has 0 spiro atoms. The van der Waals surface area contributed by atoms with Crippen LogP contribution in [0.4, 0.5) is 15.8 Å². The van der Waals surface area contributed by atoms with E-state index >= 15 is 0 Å². The van der Waals surface area contributed by atoms with Crippen molar-refractivity contribution in [2.24, 2.45) is 0 Å². The average molecular weight is 267 g/mol. The summed E-state index contributed by atoms with van der Waals surface area (Å²) < 4.78 is 13.6. The molecule has 1 aliphatic heterocycles. The minimum absolute atomic E-state index is 0.391. The van der Waals surface area contributed by atoms with E-state index in [1.165, 1.54) is 6.07 Å². The Morgan fingerprint density at radius 1 is 1.37 bits per heavy atom. The van der Waals surface area contributed by atoms with Crippen molar-refractivity contribution < 1.29 is 9.31 Å². The molecule has 5 nitrogen and oxygen atoms in total. The van der Waals surface area contributed by atoms with Crippen molar-refractivity contribution in [3.8, 4) is 0 Å². The summed E-state index contributed by atoms with van der Waals surface area (Å²) in [7, 11) is 4.07. The van der Waals surface area contributed by atoms with Crippen molar-refractivity contribution in [3.05, 3.63) is 34.1 Å². The maximum absolute atomic E-state index is 13.6. The van der Waals surface area contributed by atoms with Crippen molar-refractivity contribution in [3.63, 3.8) is 0 Å². The molecule has 104 valence electrons. The largest absolute Gasteiger partial charge is 0.366 e. The van der Waals surface area contributed by atoms with E-state index < -0.39 is 16.4 Å². The fourth-order valence-electron chi connectivity index (χ4n) is 2.56. The van der Waals surface area contributed by atoms with Gasteiger partial charge in [0.25, 0.3) is 0 Å². The minimum Gasteiger partial charge on any atom is -0.366 e. The van der Waals surface area contributed by atoms with E-state index in [-0.39, 0.29) is 0 Å². The van der Waals surface area contributed by atoms with Gasteiger partial charge in [0.1, 0.15) is 5.69 Å². The van der Waals surface area contributed by atoms with Crippen LogP contribution in [0.1, 0.15) is 12.8 Å². The third kappa shape index (κ3) is 2.84. The number of piperidine rings is 1. The average Bonchev–Trinajstić information content (AvgIpc) is 2.38. The first-order chi connectivity index (χ1) is 9.00. The number of para-hydroxylation sites is 1. The molecule has 1 aliphatic rings. The molecule has 0 atom stereocenters. The Hall–Kier alpha value is -1.69. The van der Waals surface area contributed by atoms with Gasteiger partial charge in [-0.2, -0.15) is 4.39 Å². The molecule has 19 heavy (non-hydrogen) atoms. The Labute approximate surface area is 111 Å². The summed E-state index contributed by atoms with van der Waals surface area (Å²) in [5, 5.41) is 11.0. The summed E-state index contributed by atoms with van der Waals surface area (Å²) in [4.78, 5) is 14.4.